The average Bonchev–Trinajstić information content (AvgIpc) is 3.42. The quantitative estimate of drug-likeness (QED) is 0.0743. The van der Waals surface area contributed by atoms with Crippen LogP contribution in [0.1, 0.15) is 15.9 Å². The van der Waals surface area contributed by atoms with Crippen LogP contribution < -0.4 is 19.5 Å². The summed E-state index contributed by atoms with van der Waals surface area (Å²) in [5.74, 6) is 1.40. The molecule has 0 radical (unpaired) electrons. The molecule has 0 amide bonds. The molecule has 1 unspecified atom stereocenters. The Kier molecular flexibility index (Phi) is 10.1. The van der Waals surface area contributed by atoms with Crippen molar-refractivity contribution >= 4 is 27.8 Å². The normalized spacial score (nSPS) is 12.0. The van der Waals surface area contributed by atoms with Gasteiger partial charge < -0.3 is 29.2 Å². The van der Waals surface area contributed by atoms with Crippen molar-refractivity contribution in [3.05, 3.63) is 102 Å². The standard InChI is InChI=1S/C32H33N3O8/c1-39-28-13-4-5-14-29(28)40-17-16-33-19-24(43-32(36)23-9-6-8-22(18-23)20-42-35(37)38)21-41-30-15-7-12-27-31(30)25-10-2-3-11-26(25)34-27/h2-15,18,24,33-34,37-38H,16-17,19-21H2,1H3. The van der Waals surface area contributed by atoms with Crippen LogP contribution in [0.25, 0.3) is 21.8 Å². The largest absolute Gasteiger partial charge is 0.493 e. The average molecular weight is 588 g/mol. The second kappa shape index (κ2) is 14.5. The Labute approximate surface area is 248 Å². The van der Waals surface area contributed by atoms with Crippen LogP contribution in [-0.4, -0.2) is 66.3 Å². The number of carbonyl (C=O) groups excluding carboxylic acids is 1. The lowest BCUT2D eigenvalue weighted by Crippen LogP contribution is -2.37. The molecule has 4 aromatic carbocycles. The predicted octanol–water partition coefficient (Wildman–Crippen LogP) is 5.11. The Balaban J connectivity index is 1.26. The Morgan fingerprint density at radius 1 is 0.884 bits per heavy atom. The minimum atomic E-state index is -0.649. The fourth-order valence-electron chi connectivity index (χ4n) is 4.68. The summed E-state index contributed by atoms with van der Waals surface area (Å²) >= 11 is 0. The second-order valence-corrected chi connectivity index (χ2v) is 9.62. The first-order valence-electron chi connectivity index (χ1n) is 13.7. The number of fused-ring (bicyclic) bond motifs is 3. The van der Waals surface area contributed by atoms with E-state index in [-0.39, 0.29) is 24.2 Å². The molecule has 0 aliphatic heterocycles. The van der Waals surface area contributed by atoms with Gasteiger partial charge in [-0.2, -0.15) is 0 Å². The highest BCUT2D eigenvalue weighted by molar-refractivity contribution is 6.10. The van der Waals surface area contributed by atoms with Gasteiger partial charge in [0.15, 0.2) is 11.5 Å². The topological polar surface area (TPSA) is 135 Å². The van der Waals surface area contributed by atoms with Crippen molar-refractivity contribution in [2.24, 2.45) is 0 Å². The van der Waals surface area contributed by atoms with Crippen LogP contribution in [-0.2, 0) is 16.2 Å². The molecule has 1 atom stereocenters. The lowest BCUT2D eigenvalue weighted by atomic mass is 10.1. The van der Waals surface area contributed by atoms with Crippen LogP contribution >= 0.6 is 0 Å². The number of H-pyrrole nitrogens is 1. The smallest absolute Gasteiger partial charge is 0.338 e. The SMILES string of the molecule is COc1ccccc1OCCNCC(COc1cccc2[nH]c3ccccc3c12)OC(=O)c1cccc(CON(O)O)c1. The van der Waals surface area contributed by atoms with E-state index in [1.165, 1.54) is 0 Å². The molecular weight excluding hydrogens is 554 g/mol. The first kappa shape index (κ1) is 29.8. The van der Waals surface area contributed by atoms with Crippen molar-refractivity contribution in [2.75, 3.05) is 33.4 Å². The Morgan fingerprint density at radius 2 is 1.63 bits per heavy atom. The van der Waals surface area contributed by atoms with Crippen molar-refractivity contribution < 1.29 is 39.0 Å². The van der Waals surface area contributed by atoms with E-state index in [1.54, 1.807) is 31.4 Å². The van der Waals surface area contributed by atoms with Crippen molar-refractivity contribution in [1.82, 2.24) is 15.7 Å². The molecule has 1 aromatic heterocycles. The van der Waals surface area contributed by atoms with E-state index < -0.39 is 12.1 Å². The number of para-hydroxylation sites is 3. The van der Waals surface area contributed by atoms with Gasteiger partial charge >= 0.3 is 5.97 Å². The third-order valence-corrected chi connectivity index (χ3v) is 6.68. The Bertz CT molecular complexity index is 1650. The summed E-state index contributed by atoms with van der Waals surface area (Å²) in [6.07, 6.45) is -0.649. The number of ether oxygens (including phenoxy) is 4. The van der Waals surface area contributed by atoms with Gasteiger partial charge in [-0.3, -0.25) is 10.4 Å². The highest BCUT2D eigenvalue weighted by atomic mass is 17.1. The summed E-state index contributed by atoms with van der Waals surface area (Å²) in [6, 6.07) is 27.7. The summed E-state index contributed by atoms with van der Waals surface area (Å²) in [6.45, 7) is 1.10. The number of aromatic nitrogens is 1. The number of nitrogens with one attached hydrogen (secondary N) is 2. The van der Waals surface area contributed by atoms with Gasteiger partial charge in [-0.25, -0.2) is 9.63 Å². The molecule has 0 aliphatic carbocycles. The van der Waals surface area contributed by atoms with Crippen LogP contribution in [0.4, 0.5) is 0 Å². The molecule has 5 aromatic rings. The van der Waals surface area contributed by atoms with Crippen LogP contribution in [0.2, 0.25) is 0 Å². The second-order valence-electron chi connectivity index (χ2n) is 9.62. The number of rotatable bonds is 15. The van der Waals surface area contributed by atoms with Gasteiger partial charge in [0.2, 0.25) is 0 Å². The number of esters is 1. The molecule has 0 spiro atoms. The van der Waals surface area contributed by atoms with Crippen LogP contribution in [0, 0.1) is 0 Å². The lowest BCUT2D eigenvalue weighted by Gasteiger charge is -2.20. The fraction of sp³-hybridized carbons (Fsp3) is 0.219. The summed E-state index contributed by atoms with van der Waals surface area (Å²) < 4.78 is 23.3. The van der Waals surface area contributed by atoms with E-state index in [9.17, 15) is 4.79 Å². The van der Waals surface area contributed by atoms with Crippen molar-refractivity contribution in [1.29, 1.82) is 0 Å². The van der Waals surface area contributed by atoms with E-state index >= 15 is 0 Å². The van der Waals surface area contributed by atoms with E-state index in [2.05, 4.69) is 15.1 Å². The van der Waals surface area contributed by atoms with Gasteiger partial charge in [-0.05, 0) is 48.0 Å². The molecule has 224 valence electrons. The highest BCUT2D eigenvalue weighted by Crippen LogP contribution is 2.33. The summed E-state index contributed by atoms with van der Waals surface area (Å²) in [7, 11) is 1.59. The van der Waals surface area contributed by atoms with Gasteiger partial charge in [0.25, 0.3) is 0 Å². The first-order chi connectivity index (χ1) is 21.0. The lowest BCUT2D eigenvalue weighted by molar-refractivity contribution is -0.497. The fourth-order valence-corrected chi connectivity index (χ4v) is 4.68. The van der Waals surface area contributed by atoms with Gasteiger partial charge in [0, 0.05) is 29.4 Å². The predicted molar refractivity (Wildman–Crippen MR) is 159 cm³/mol. The monoisotopic (exact) mass is 587 g/mol. The van der Waals surface area contributed by atoms with Crippen LogP contribution in [0.5, 0.6) is 17.2 Å². The summed E-state index contributed by atoms with van der Waals surface area (Å²) in [5, 5.41) is 22.5. The third-order valence-electron chi connectivity index (χ3n) is 6.68. The maximum absolute atomic E-state index is 13.1. The van der Waals surface area contributed by atoms with E-state index in [4.69, 9.17) is 29.4 Å². The molecule has 0 aliphatic rings. The molecule has 11 heteroatoms. The maximum atomic E-state index is 13.1. The number of methoxy groups -OCH3 is 1. The van der Waals surface area contributed by atoms with Gasteiger partial charge in [-0.1, -0.05) is 48.5 Å². The number of hydrogen-bond acceptors (Lipinski definition) is 10. The van der Waals surface area contributed by atoms with Gasteiger partial charge in [0.1, 0.15) is 25.1 Å². The Morgan fingerprint density at radius 3 is 2.47 bits per heavy atom. The molecular formula is C32H33N3O8. The third kappa shape index (κ3) is 7.80. The molecule has 1 heterocycles. The van der Waals surface area contributed by atoms with Crippen molar-refractivity contribution in [3.8, 4) is 17.2 Å². The first-order valence-corrected chi connectivity index (χ1v) is 13.7. The van der Waals surface area contributed by atoms with E-state index in [0.29, 0.717) is 42.5 Å². The van der Waals surface area contributed by atoms with Crippen molar-refractivity contribution in [2.45, 2.75) is 12.7 Å². The number of benzene rings is 4. The zero-order valence-electron chi connectivity index (χ0n) is 23.6. The van der Waals surface area contributed by atoms with E-state index in [1.807, 2.05) is 66.7 Å². The molecule has 5 rings (SSSR count). The minimum absolute atomic E-state index is 0.0948. The van der Waals surface area contributed by atoms with Gasteiger partial charge in [-0.15, -0.1) is 0 Å². The van der Waals surface area contributed by atoms with Gasteiger partial charge in [0.05, 0.1) is 30.2 Å². The highest BCUT2D eigenvalue weighted by Gasteiger charge is 2.19. The number of hydrogen-bond donors (Lipinski definition) is 4. The number of nitrogens with zero attached hydrogens (tertiary/aromatic N) is 1. The molecule has 43 heavy (non-hydrogen) atoms. The zero-order chi connectivity index (χ0) is 30.0. The maximum Gasteiger partial charge on any atom is 0.338 e. The van der Waals surface area contributed by atoms with Crippen LogP contribution in [0.15, 0.2) is 91.0 Å². The Hall–Kier alpha value is -4.65. The van der Waals surface area contributed by atoms with E-state index in [0.717, 1.165) is 21.8 Å². The van der Waals surface area contributed by atoms with Crippen LogP contribution in [0.3, 0.4) is 0 Å². The molecule has 0 saturated heterocycles. The zero-order valence-corrected chi connectivity index (χ0v) is 23.6. The molecule has 0 saturated carbocycles. The molecule has 0 fully saturated rings. The number of carbonyl (C=O) groups is 1. The minimum Gasteiger partial charge on any atom is -0.493 e. The summed E-state index contributed by atoms with van der Waals surface area (Å²) in [5.41, 5.74) is 2.78. The summed E-state index contributed by atoms with van der Waals surface area (Å²) in [4.78, 5) is 21.2. The molecule has 0 bridgehead atoms. The molecule has 4 N–H and O–H groups in total. The van der Waals surface area contributed by atoms with Crippen molar-refractivity contribution in [3.63, 3.8) is 0 Å². The molecule has 11 nitrogen and oxygen atoms in total. The number of aromatic amines is 1.